The molecule has 2 aromatic rings. The maximum absolute atomic E-state index is 13.1. The Morgan fingerprint density at radius 2 is 1.77 bits per heavy atom. The Labute approximate surface area is 152 Å². The lowest BCUT2D eigenvalue weighted by Gasteiger charge is -2.32. The molecule has 0 aliphatic carbocycles. The molecule has 8 heteroatoms. The molecule has 0 saturated carbocycles. The van der Waals surface area contributed by atoms with Crippen LogP contribution < -0.4 is 9.47 Å². The summed E-state index contributed by atoms with van der Waals surface area (Å²) >= 11 is 0. The molecule has 0 N–H and O–H groups in total. The van der Waals surface area contributed by atoms with Crippen LogP contribution in [0.3, 0.4) is 0 Å². The van der Waals surface area contributed by atoms with Gasteiger partial charge in [0.2, 0.25) is 10.0 Å². The molecule has 26 heavy (non-hydrogen) atoms. The zero-order valence-electron chi connectivity index (χ0n) is 14.5. The molecule has 140 valence electrons. The van der Waals surface area contributed by atoms with Crippen molar-refractivity contribution in [1.82, 2.24) is 4.31 Å². The Morgan fingerprint density at radius 1 is 1.08 bits per heavy atom. The van der Waals surface area contributed by atoms with Crippen LogP contribution in [0.5, 0.6) is 11.5 Å². The van der Waals surface area contributed by atoms with Gasteiger partial charge in [0.1, 0.15) is 5.82 Å². The quantitative estimate of drug-likeness (QED) is 0.797. The summed E-state index contributed by atoms with van der Waals surface area (Å²) in [6.07, 6.45) is -0.445. The smallest absolute Gasteiger partial charge is 0.243 e. The van der Waals surface area contributed by atoms with Crippen LogP contribution in [0.2, 0.25) is 0 Å². The van der Waals surface area contributed by atoms with Crippen molar-refractivity contribution in [3.8, 4) is 11.5 Å². The third-order valence-corrected chi connectivity index (χ3v) is 6.12. The Hall–Kier alpha value is -2.16. The Morgan fingerprint density at radius 3 is 2.42 bits per heavy atom. The Balaban J connectivity index is 1.86. The summed E-state index contributed by atoms with van der Waals surface area (Å²) in [5.41, 5.74) is 0.735. The van der Waals surface area contributed by atoms with Crippen molar-refractivity contribution in [2.45, 2.75) is 11.0 Å². The van der Waals surface area contributed by atoms with Crippen LogP contribution >= 0.6 is 0 Å². The fourth-order valence-corrected chi connectivity index (χ4v) is 4.29. The molecule has 1 heterocycles. The fraction of sp³-hybridized carbons (Fsp3) is 0.333. The highest BCUT2D eigenvalue weighted by Gasteiger charge is 2.32. The highest BCUT2D eigenvalue weighted by Crippen LogP contribution is 2.32. The lowest BCUT2D eigenvalue weighted by molar-refractivity contribution is -0.00259. The van der Waals surface area contributed by atoms with E-state index in [1.54, 1.807) is 18.2 Å². The highest BCUT2D eigenvalue weighted by atomic mass is 32.2. The summed E-state index contributed by atoms with van der Waals surface area (Å²) < 4.78 is 56.5. The third kappa shape index (κ3) is 3.67. The highest BCUT2D eigenvalue weighted by molar-refractivity contribution is 7.89. The standard InChI is InChI=1S/C18H20FNO5S/c1-23-16-8-7-15(11-17(16)24-2)26(21,22)20-9-10-25-18(12-20)13-3-5-14(19)6-4-13/h3-8,11,18H,9-10,12H2,1-2H3/t18-/m1/s1. The first kappa shape index (κ1) is 18.6. The van der Waals surface area contributed by atoms with Gasteiger partial charge in [0.25, 0.3) is 0 Å². The minimum atomic E-state index is -3.72. The first-order valence-corrected chi connectivity index (χ1v) is 9.49. The van der Waals surface area contributed by atoms with E-state index in [-0.39, 0.29) is 30.4 Å². The molecule has 6 nitrogen and oxygen atoms in total. The van der Waals surface area contributed by atoms with E-state index >= 15 is 0 Å². The summed E-state index contributed by atoms with van der Waals surface area (Å²) in [7, 11) is -0.786. The zero-order chi connectivity index (χ0) is 18.7. The predicted molar refractivity (Wildman–Crippen MR) is 93.4 cm³/mol. The van der Waals surface area contributed by atoms with E-state index in [1.807, 2.05) is 0 Å². The molecule has 2 aromatic carbocycles. The monoisotopic (exact) mass is 381 g/mol. The van der Waals surface area contributed by atoms with E-state index in [9.17, 15) is 12.8 Å². The molecule has 0 radical (unpaired) electrons. The Bertz CT molecular complexity index is 870. The van der Waals surface area contributed by atoms with E-state index in [1.165, 1.54) is 42.8 Å². The van der Waals surface area contributed by atoms with Crippen molar-refractivity contribution >= 4 is 10.0 Å². The van der Waals surface area contributed by atoms with Crippen molar-refractivity contribution in [3.05, 3.63) is 53.8 Å². The van der Waals surface area contributed by atoms with Crippen molar-refractivity contribution in [3.63, 3.8) is 0 Å². The van der Waals surface area contributed by atoms with Gasteiger partial charge < -0.3 is 14.2 Å². The number of rotatable bonds is 5. The van der Waals surface area contributed by atoms with Gasteiger partial charge in [0.15, 0.2) is 11.5 Å². The van der Waals surface area contributed by atoms with Gasteiger partial charge in [-0.15, -0.1) is 0 Å². The molecular formula is C18H20FNO5S. The van der Waals surface area contributed by atoms with Crippen molar-refractivity contribution in [2.75, 3.05) is 33.9 Å². The molecule has 1 aliphatic rings. The van der Waals surface area contributed by atoms with Crippen molar-refractivity contribution < 1.29 is 27.0 Å². The molecule has 0 unspecified atom stereocenters. The van der Waals surface area contributed by atoms with E-state index in [0.717, 1.165) is 5.56 Å². The first-order valence-electron chi connectivity index (χ1n) is 8.05. The minimum Gasteiger partial charge on any atom is -0.493 e. The fourth-order valence-electron chi connectivity index (χ4n) is 2.85. The van der Waals surface area contributed by atoms with Gasteiger partial charge >= 0.3 is 0 Å². The number of morpholine rings is 1. The van der Waals surface area contributed by atoms with Crippen LogP contribution in [0.25, 0.3) is 0 Å². The van der Waals surface area contributed by atoms with Crippen LogP contribution in [0, 0.1) is 5.82 Å². The summed E-state index contributed by atoms with van der Waals surface area (Å²) in [6.45, 7) is 0.658. The minimum absolute atomic E-state index is 0.120. The second-order valence-corrected chi connectivity index (χ2v) is 7.73. The number of nitrogens with zero attached hydrogens (tertiary/aromatic N) is 1. The van der Waals surface area contributed by atoms with Gasteiger partial charge in [-0.1, -0.05) is 12.1 Å². The van der Waals surface area contributed by atoms with Crippen LogP contribution in [-0.4, -0.2) is 46.6 Å². The molecule has 0 aromatic heterocycles. The van der Waals surface area contributed by atoms with E-state index in [0.29, 0.717) is 11.5 Å². The van der Waals surface area contributed by atoms with Gasteiger partial charge in [-0.05, 0) is 29.8 Å². The molecule has 1 aliphatic heterocycles. The molecule has 3 rings (SSSR count). The van der Waals surface area contributed by atoms with Gasteiger partial charge in [-0.3, -0.25) is 0 Å². The van der Waals surface area contributed by atoms with E-state index in [4.69, 9.17) is 14.2 Å². The number of benzene rings is 2. The summed E-state index contributed by atoms with van der Waals surface area (Å²) in [5.74, 6) is 0.453. The number of ether oxygens (including phenoxy) is 3. The molecular weight excluding hydrogens is 361 g/mol. The Kier molecular flexibility index (Phi) is 5.45. The average Bonchev–Trinajstić information content (AvgIpc) is 2.68. The van der Waals surface area contributed by atoms with Gasteiger partial charge in [-0.2, -0.15) is 4.31 Å². The molecule has 1 atom stereocenters. The number of sulfonamides is 1. The largest absolute Gasteiger partial charge is 0.493 e. The molecule has 1 fully saturated rings. The SMILES string of the molecule is COc1ccc(S(=O)(=O)N2CCO[C@@H](c3ccc(F)cc3)C2)cc1OC. The number of hydrogen-bond acceptors (Lipinski definition) is 5. The maximum atomic E-state index is 13.1. The number of hydrogen-bond donors (Lipinski definition) is 0. The van der Waals surface area contributed by atoms with E-state index in [2.05, 4.69) is 0 Å². The van der Waals surface area contributed by atoms with Crippen molar-refractivity contribution in [1.29, 1.82) is 0 Å². The molecule has 0 bridgehead atoms. The summed E-state index contributed by atoms with van der Waals surface area (Å²) in [5, 5.41) is 0. The topological polar surface area (TPSA) is 65.1 Å². The molecule has 1 saturated heterocycles. The second kappa shape index (κ2) is 7.61. The van der Waals surface area contributed by atoms with Gasteiger partial charge in [0.05, 0.1) is 31.8 Å². The maximum Gasteiger partial charge on any atom is 0.243 e. The predicted octanol–water partition coefficient (Wildman–Crippen LogP) is 2.61. The van der Waals surface area contributed by atoms with E-state index < -0.39 is 16.1 Å². The average molecular weight is 381 g/mol. The van der Waals surface area contributed by atoms with Gasteiger partial charge in [-0.25, -0.2) is 12.8 Å². The molecule has 0 spiro atoms. The van der Waals surface area contributed by atoms with Crippen LogP contribution in [0.4, 0.5) is 4.39 Å². The van der Waals surface area contributed by atoms with Crippen LogP contribution in [0.15, 0.2) is 47.4 Å². The summed E-state index contributed by atoms with van der Waals surface area (Å²) in [4.78, 5) is 0.120. The zero-order valence-corrected chi connectivity index (χ0v) is 15.3. The lowest BCUT2D eigenvalue weighted by Crippen LogP contribution is -2.42. The normalized spacial score (nSPS) is 18.5. The number of halogens is 1. The lowest BCUT2D eigenvalue weighted by atomic mass is 10.1. The third-order valence-electron chi connectivity index (χ3n) is 4.26. The summed E-state index contributed by atoms with van der Waals surface area (Å²) in [6, 6.07) is 10.4. The van der Waals surface area contributed by atoms with Gasteiger partial charge in [0, 0.05) is 19.2 Å². The first-order chi connectivity index (χ1) is 12.5. The van der Waals surface area contributed by atoms with Crippen molar-refractivity contribution in [2.24, 2.45) is 0 Å². The second-order valence-electron chi connectivity index (χ2n) is 5.79. The molecule has 0 amide bonds. The van der Waals surface area contributed by atoms with Crippen LogP contribution in [0.1, 0.15) is 11.7 Å². The van der Waals surface area contributed by atoms with Crippen LogP contribution in [-0.2, 0) is 14.8 Å². The number of methoxy groups -OCH3 is 2.